The Balaban J connectivity index is 1.72. The number of hydrogen-bond acceptors (Lipinski definition) is 4. The van der Waals surface area contributed by atoms with Gasteiger partial charge in [0.15, 0.2) is 0 Å². The van der Waals surface area contributed by atoms with Crippen LogP contribution in [0.1, 0.15) is 46.4 Å². The Hall–Kier alpha value is -2.90. The SMILES string of the molecule is O=C(N[C@H]1CCCNC1=O)c1ccccc1C(=O)N[C@H]1CCCNC1=O. The van der Waals surface area contributed by atoms with E-state index in [9.17, 15) is 19.2 Å². The van der Waals surface area contributed by atoms with Crippen LogP contribution >= 0.6 is 0 Å². The molecular formula is C18H22N4O4. The third-order valence-corrected chi connectivity index (χ3v) is 4.60. The quantitative estimate of drug-likeness (QED) is 0.591. The van der Waals surface area contributed by atoms with Gasteiger partial charge in [0.05, 0.1) is 11.1 Å². The van der Waals surface area contributed by atoms with Gasteiger partial charge in [-0.3, -0.25) is 19.2 Å². The fourth-order valence-electron chi connectivity index (χ4n) is 3.17. The summed E-state index contributed by atoms with van der Waals surface area (Å²) in [5.74, 6) is -1.40. The van der Waals surface area contributed by atoms with Crippen molar-refractivity contribution in [3.8, 4) is 0 Å². The molecular weight excluding hydrogens is 336 g/mol. The zero-order valence-electron chi connectivity index (χ0n) is 14.3. The molecule has 0 saturated carbocycles. The standard InChI is InChI=1S/C18H22N4O4/c23-15(21-13-7-3-9-19-17(13)25)11-5-1-2-6-12(11)16(24)22-14-8-4-10-20-18(14)26/h1-2,5-6,13-14H,3-4,7-10H2,(H,19,25)(H,20,26)(H,21,23)(H,22,24)/t13-,14-/m0/s1. The van der Waals surface area contributed by atoms with Gasteiger partial charge in [0, 0.05) is 13.1 Å². The maximum Gasteiger partial charge on any atom is 0.252 e. The fraction of sp³-hybridized carbons (Fsp3) is 0.444. The van der Waals surface area contributed by atoms with E-state index in [1.807, 2.05) is 0 Å². The van der Waals surface area contributed by atoms with Gasteiger partial charge < -0.3 is 21.3 Å². The molecule has 2 atom stereocenters. The third kappa shape index (κ3) is 4.01. The van der Waals surface area contributed by atoms with Gasteiger partial charge in [-0.25, -0.2) is 0 Å². The van der Waals surface area contributed by atoms with E-state index in [0.717, 1.165) is 12.8 Å². The van der Waals surface area contributed by atoms with Crippen molar-refractivity contribution < 1.29 is 19.2 Å². The molecule has 8 heteroatoms. The van der Waals surface area contributed by atoms with Crippen LogP contribution in [-0.2, 0) is 9.59 Å². The average molecular weight is 358 g/mol. The van der Waals surface area contributed by atoms with Crippen molar-refractivity contribution in [2.24, 2.45) is 0 Å². The van der Waals surface area contributed by atoms with Crippen molar-refractivity contribution >= 4 is 23.6 Å². The number of piperidine rings is 2. The monoisotopic (exact) mass is 358 g/mol. The zero-order chi connectivity index (χ0) is 18.5. The molecule has 0 aliphatic carbocycles. The molecule has 0 radical (unpaired) electrons. The van der Waals surface area contributed by atoms with Crippen molar-refractivity contribution in [3.05, 3.63) is 35.4 Å². The van der Waals surface area contributed by atoms with Crippen LogP contribution in [0.2, 0.25) is 0 Å². The van der Waals surface area contributed by atoms with Crippen molar-refractivity contribution in [1.82, 2.24) is 21.3 Å². The lowest BCUT2D eigenvalue weighted by atomic mass is 10.0. The second kappa shape index (κ2) is 7.99. The molecule has 4 N–H and O–H groups in total. The predicted octanol–water partition coefficient (Wildman–Crippen LogP) is -0.297. The summed E-state index contributed by atoms with van der Waals surface area (Å²) in [4.78, 5) is 48.8. The summed E-state index contributed by atoms with van der Waals surface area (Å²) < 4.78 is 0. The molecule has 3 rings (SSSR count). The van der Waals surface area contributed by atoms with Crippen LogP contribution in [-0.4, -0.2) is 48.8 Å². The molecule has 0 aromatic heterocycles. The minimum absolute atomic E-state index is 0.180. The lowest BCUT2D eigenvalue weighted by Gasteiger charge is -2.24. The highest BCUT2D eigenvalue weighted by molar-refractivity contribution is 6.09. The van der Waals surface area contributed by atoms with Crippen LogP contribution in [0.15, 0.2) is 24.3 Å². The number of carbonyl (C=O) groups is 4. The van der Waals surface area contributed by atoms with E-state index in [1.165, 1.54) is 12.1 Å². The first-order chi connectivity index (χ1) is 12.6. The van der Waals surface area contributed by atoms with Crippen LogP contribution in [0.4, 0.5) is 0 Å². The summed E-state index contributed by atoms with van der Waals surface area (Å²) >= 11 is 0. The normalized spacial score (nSPS) is 22.8. The molecule has 26 heavy (non-hydrogen) atoms. The van der Waals surface area contributed by atoms with Crippen molar-refractivity contribution in [3.63, 3.8) is 0 Å². The summed E-state index contributed by atoms with van der Waals surface area (Å²) in [6, 6.07) is 5.17. The Morgan fingerprint density at radius 3 is 1.62 bits per heavy atom. The van der Waals surface area contributed by atoms with E-state index >= 15 is 0 Å². The van der Waals surface area contributed by atoms with Crippen molar-refractivity contribution in [2.75, 3.05) is 13.1 Å². The minimum Gasteiger partial charge on any atom is -0.354 e. The molecule has 1 aromatic rings. The lowest BCUT2D eigenvalue weighted by Crippen LogP contribution is -2.51. The van der Waals surface area contributed by atoms with E-state index in [0.29, 0.717) is 25.9 Å². The van der Waals surface area contributed by atoms with Crippen LogP contribution < -0.4 is 21.3 Å². The molecule has 2 aliphatic rings. The van der Waals surface area contributed by atoms with E-state index < -0.39 is 23.9 Å². The first-order valence-corrected chi connectivity index (χ1v) is 8.82. The van der Waals surface area contributed by atoms with Gasteiger partial charge in [0.1, 0.15) is 12.1 Å². The fourth-order valence-corrected chi connectivity index (χ4v) is 3.17. The van der Waals surface area contributed by atoms with E-state index in [4.69, 9.17) is 0 Å². The van der Waals surface area contributed by atoms with Crippen molar-refractivity contribution in [1.29, 1.82) is 0 Å². The van der Waals surface area contributed by atoms with Gasteiger partial charge in [-0.15, -0.1) is 0 Å². The van der Waals surface area contributed by atoms with Gasteiger partial charge in [-0.05, 0) is 37.8 Å². The third-order valence-electron chi connectivity index (χ3n) is 4.60. The van der Waals surface area contributed by atoms with Crippen LogP contribution in [0.25, 0.3) is 0 Å². The maximum atomic E-state index is 12.6. The van der Waals surface area contributed by atoms with E-state index in [1.54, 1.807) is 12.1 Å². The maximum absolute atomic E-state index is 12.6. The topological polar surface area (TPSA) is 116 Å². The highest BCUT2D eigenvalue weighted by Gasteiger charge is 2.28. The Bertz CT molecular complexity index is 673. The van der Waals surface area contributed by atoms with Gasteiger partial charge >= 0.3 is 0 Å². The van der Waals surface area contributed by atoms with Gasteiger partial charge in [-0.1, -0.05) is 12.1 Å². The Morgan fingerprint density at radius 2 is 1.23 bits per heavy atom. The average Bonchev–Trinajstić information content (AvgIpc) is 2.65. The summed E-state index contributed by atoms with van der Waals surface area (Å²) in [5.41, 5.74) is 0.360. The lowest BCUT2D eigenvalue weighted by molar-refractivity contribution is -0.125. The second-order valence-electron chi connectivity index (χ2n) is 6.46. The first kappa shape index (κ1) is 17.9. The zero-order valence-corrected chi connectivity index (χ0v) is 14.3. The number of hydrogen-bond donors (Lipinski definition) is 4. The molecule has 2 fully saturated rings. The van der Waals surface area contributed by atoms with Crippen LogP contribution in [0.3, 0.4) is 0 Å². The Labute approximate surface area is 151 Å². The molecule has 2 heterocycles. The first-order valence-electron chi connectivity index (χ1n) is 8.82. The molecule has 138 valence electrons. The number of benzene rings is 1. The highest BCUT2D eigenvalue weighted by Crippen LogP contribution is 2.12. The molecule has 2 saturated heterocycles. The highest BCUT2D eigenvalue weighted by atomic mass is 16.2. The molecule has 0 unspecified atom stereocenters. The minimum atomic E-state index is -0.600. The summed E-state index contributed by atoms with van der Waals surface area (Å²) in [6.45, 7) is 1.21. The van der Waals surface area contributed by atoms with Crippen molar-refractivity contribution in [2.45, 2.75) is 37.8 Å². The molecule has 0 spiro atoms. The smallest absolute Gasteiger partial charge is 0.252 e. The molecule has 2 aliphatic heterocycles. The van der Waals surface area contributed by atoms with Gasteiger partial charge in [-0.2, -0.15) is 0 Å². The molecule has 8 nitrogen and oxygen atoms in total. The van der Waals surface area contributed by atoms with Gasteiger partial charge in [0.25, 0.3) is 11.8 Å². The predicted molar refractivity (Wildman–Crippen MR) is 93.4 cm³/mol. The summed E-state index contributed by atoms with van der Waals surface area (Å²) in [7, 11) is 0. The van der Waals surface area contributed by atoms with E-state index in [-0.39, 0.29) is 22.9 Å². The largest absolute Gasteiger partial charge is 0.354 e. The summed E-state index contributed by atoms with van der Waals surface area (Å²) in [6.07, 6.45) is 2.70. The second-order valence-corrected chi connectivity index (χ2v) is 6.46. The summed E-state index contributed by atoms with van der Waals surface area (Å²) in [5, 5.41) is 10.8. The number of amides is 4. The molecule has 4 amide bonds. The molecule has 1 aromatic carbocycles. The number of carbonyl (C=O) groups excluding carboxylic acids is 4. The molecule has 0 bridgehead atoms. The number of nitrogens with one attached hydrogen (secondary N) is 4. The van der Waals surface area contributed by atoms with Crippen LogP contribution in [0, 0.1) is 0 Å². The Morgan fingerprint density at radius 1 is 0.808 bits per heavy atom. The van der Waals surface area contributed by atoms with Gasteiger partial charge in [0.2, 0.25) is 11.8 Å². The van der Waals surface area contributed by atoms with E-state index in [2.05, 4.69) is 21.3 Å². The van der Waals surface area contributed by atoms with Crippen LogP contribution in [0.5, 0.6) is 0 Å². The Kier molecular flexibility index (Phi) is 5.50. The number of rotatable bonds is 4.